The van der Waals surface area contributed by atoms with E-state index in [1.165, 1.54) is 29.5 Å². The summed E-state index contributed by atoms with van der Waals surface area (Å²) in [6, 6.07) is 12.6. The molecule has 0 spiro atoms. The van der Waals surface area contributed by atoms with Crippen LogP contribution in [-0.2, 0) is 6.42 Å². The van der Waals surface area contributed by atoms with E-state index in [0.717, 1.165) is 5.56 Å². The Morgan fingerprint density at radius 1 is 1.00 bits per heavy atom. The second-order valence-electron chi connectivity index (χ2n) is 5.96. The fourth-order valence-corrected chi connectivity index (χ4v) is 3.28. The fraction of sp³-hybridized carbons (Fsp3) is 0.100. The van der Waals surface area contributed by atoms with Crippen molar-refractivity contribution in [1.82, 2.24) is 5.32 Å². The van der Waals surface area contributed by atoms with Gasteiger partial charge in [-0.1, -0.05) is 23.7 Å². The molecule has 1 aromatic heterocycles. The smallest absolute Gasteiger partial charge is 0.265 e. The standard InChI is InChI=1S/C20H17ClN2O4S/c21-14-5-4-13(11-15(14)23-20(27)18-2-1-9-28-18)19(26)22-8-7-12-3-6-16(24)17(25)10-12/h1-6,9-11,24-25H,7-8H2,(H,22,26)(H,23,27). The van der Waals surface area contributed by atoms with E-state index in [2.05, 4.69) is 10.6 Å². The number of aromatic hydroxyl groups is 2. The molecule has 0 fully saturated rings. The van der Waals surface area contributed by atoms with Gasteiger partial charge in [0.1, 0.15) is 0 Å². The quantitative estimate of drug-likeness (QED) is 0.456. The number of rotatable bonds is 6. The molecular formula is C20H17ClN2O4S. The Morgan fingerprint density at radius 3 is 2.54 bits per heavy atom. The van der Waals surface area contributed by atoms with E-state index in [4.69, 9.17) is 11.6 Å². The molecule has 3 rings (SSSR count). The third kappa shape index (κ3) is 4.82. The molecule has 28 heavy (non-hydrogen) atoms. The molecule has 0 aliphatic heterocycles. The van der Waals surface area contributed by atoms with Gasteiger partial charge in [-0.25, -0.2) is 0 Å². The van der Waals surface area contributed by atoms with Crippen molar-refractivity contribution in [2.75, 3.05) is 11.9 Å². The molecule has 2 aromatic carbocycles. The fourth-order valence-electron chi connectivity index (χ4n) is 2.50. The van der Waals surface area contributed by atoms with Gasteiger partial charge < -0.3 is 20.8 Å². The summed E-state index contributed by atoms with van der Waals surface area (Å²) >= 11 is 7.44. The maximum atomic E-state index is 12.4. The van der Waals surface area contributed by atoms with Gasteiger partial charge in [0.25, 0.3) is 11.8 Å². The van der Waals surface area contributed by atoms with E-state index in [1.807, 2.05) is 0 Å². The van der Waals surface area contributed by atoms with Crippen LogP contribution in [0.3, 0.4) is 0 Å². The highest BCUT2D eigenvalue weighted by molar-refractivity contribution is 7.12. The number of nitrogens with one attached hydrogen (secondary N) is 2. The minimum atomic E-state index is -0.314. The monoisotopic (exact) mass is 416 g/mol. The van der Waals surface area contributed by atoms with Crippen molar-refractivity contribution < 1.29 is 19.8 Å². The molecule has 0 unspecified atom stereocenters. The van der Waals surface area contributed by atoms with Crippen molar-refractivity contribution in [3.8, 4) is 11.5 Å². The zero-order valence-corrected chi connectivity index (χ0v) is 16.2. The number of carbonyl (C=O) groups is 2. The molecule has 0 atom stereocenters. The van der Waals surface area contributed by atoms with E-state index in [0.29, 0.717) is 34.1 Å². The van der Waals surface area contributed by atoms with Crippen LogP contribution in [0.4, 0.5) is 5.69 Å². The van der Waals surface area contributed by atoms with Crippen molar-refractivity contribution in [2.45, 2.75) is 6.42 Å². The summed E-state index contributed by atoms with van der Waals surface area (Å²) in [4.78, 5) is 25.1. The number of benzene rings is 2. The Labute approximate surface area is 170 Å². The zero-order chi connectivity index (χ0) is 20.1. The normalized spacial score (nSPS) is 10.5. The molecule has 0 radical (unpaired) electrons. The van der Waals surface area contributed by atoms with Crippen LogP contribution >= 0.6 is 22.9 Å². The molecule has 3 aromatic rings. The molecule has 4 N–H and O–H groups in total. The molecule has 8 heteroatoms. The van der Waals surface area contributed by atoms with E-state index in [9.17, 15) is 19.8 Å². The second-order valence-corrected chi connectivity index (χ2v) is 7.31. The second kappa shape index (κ2) is 8.77. The Balaban J connectivity index is 1.61. The van der Waals surface area contributed by atoms with Crippen LogP contribution in [-0.4, -0.2) is 28.6 Å². The molecule has 0 saturated heterocycles. The van der Waals surface area contributed by atoms with Crippen molar-refractivity contribution in [2.24, 2.45) is 0 Å². The van der Waals surface area contributed by atoms with Crippen molar-refractivity contribution in [1.29, 1.82) is 0 Å². The SMILES string of the molecule is O=C(NCCc1ccc(O)c(O)c1)c1ccc(Cl)c(NC(=O)c2cccs2)c1. The summed E-state index contributed by atoms with van der Waals surface area (Å²) in [5.74, 6) is -0.994. The highest BCUT2D eigenvalue weighted by Crippen LogP contribution is 2.26. The number of hydrogen-bond acceptors (Lipinski definition) is 5. The average Bonchev–Trinajstić information content (AvgIpc) is 3.21. The molecule has 0 aliphatic rings. The Hall–Kier alpha value is -3.03. The summed E-state index contributed by atoms with van der Waals surface area (Å²) in [7, 11) is 0. The predicted octanol–water partition coefficient (Wildman–Crippen LogP) is 4.04. The van der Waals surface area contributed by atoms with Gasteiger partial charge in [0.15, 0.2) is 11.5 Å². The summed E-state index contributed by atoms with van der Waals surface area (Å²) in [6.45, 7) is 0.336. The number of hydrogen-bond donors (Lipinski definition) is 4. The highest BCUT2D eigenvalue weighted by Gasteiger charge is 2.13. The predicted molar refractivity (Wildman–Crippen MR) is 110 cm³/mol. The Bertz CT molecular complexity index is 1010. The highest BCUT2D eigenvalue weighted by atomic mass is 35.5. The van der Waals surface area contributed by atoms with E-state index < -0.39 is 0 Å². The maximum Gasteiger partial charge on any atom is 0.265 e. The molecule has 2 amide bonds. The molecule has 1 heterocycles. The van der Waals surface area contributed by atoms with Crippen LogP contribution in [0.1, 0.15) is 25.6 Å². The van der Waals surface area contributed by atoms with Crippen LogP contribution in [0.25, 0.3) is 0 Å². The summed E-state index contributed by atoms with van der Waals surface area (Å²) < 4.78 is 0. The minimum Gasteiger partial charge on any atom is -0.504 e. The third-order valence-electron chi connectivity index (χ3n) is 3.96. The lowest BCUT2D eigenvalue weighted by Crippen LogP contribution is -2.25. The first-order valence-electron chi connectivity index (χ1n) is 8.37. The van der Waals surface area contributed by atoms with Gasteiger partial charge in [0.2, 0.25) is 0 Å². The topological polar surface area (TPSA) is 98.7 Å². The number of thiophene rings is 1. The van der Waals surface area contributed by atoms with Crippen molar-refractivity contribution in [3.05, 3.63) is 74.9 Å². The van der Waals surface area contributed by atoms with Crippen LogP contribution < -0.4 is 10.6 Å². The number of halogens is 1. The first-order chi connectivity index (χ1) is 13.4. The number of carbonyl (C=O) groups excluding carboxylic acids is 2. The van der Waals surface area contributed by atoms with Gasteiger partial charge in [-0.3, -0.25) is 9.59 Å². The molecule has 0 bridgehead atoms. The lowest BCUT2D eigenvalue weighted by molar-refractivity contribution is 0.0952. The summed E-state index contributed by atoms with van der Waals surface area (Å²) in [6.07, 6.45) is 0.481. The van der Waals surface area contributed by atoms with Crippen LogP contribution in [0.2, 0.25) is 5.02 Å². The zero-order valence-electron chi connectivity index (χ0n) is 14.6. The number of phenolic OH excluding ortho intramolecular Hbond substituents is 2. The molecular weight excluding hydrogens is 400 g/mol. The molecule has 6 nitrogen and oxygen atoms in total. The minimum absolute atomic E-state index is 0.189. The lowest BCUT2D eigenvalue weighted by Gasteiger charge is -2.10. The van der Waals surface area contributed by atoms with Crippen molar-refractivity contribution >= 4 is 40.4 Å². The van der Waals surface area contributed by atoms with Crippen molar-refractivity contribution in [3.63, 3.8) is 0 Å². The molecule has 144 valence electrons. The van der Waals surface area contributed by atoms with Gasteiger partial charge in [0, 0.05) is 12.1 Å². The Morgan fingerprint density at radius 2 is 1.82 bits per heavy atom. The van der Waals surface area contributed by atoms with Gasteiger partial charge in [-0.05, 0) is 53.8 Å². The number of anilines is 1. The number of phenols is 2. The van der Waals surface area contributed by atoms with E-state index in [-0.39, 0.29) is 23.3 Å². The third-order valence-corrected chi connectivity index (χ3v) is 5.16. The van der Waals surface area contributed by atoms with Gasteiger partial charge in [-0.15, -0.1) is 11.3 Å². The Kier molecular flexibility index (Phi) is 6.18. The van der Waals surface area contributed by atoms with Crippen LogP contribution in [0, 0.1) is 0 Å². The lowest BCUT2D eigenvalue weighted by atomic mass is 10.1. The van der Waals surface area contributed by atoms with E-state index in [1.54, 1.807) is 35.7 Å². The van der Waals surface area contributed by atoms with Crippen LogP contribution in [0.15, 0.2) is 53.9 Å². The largest absolute Gasteiger partial charge is 0.504 e. The molecule has 0 saturated carbocycles. The van der Waals surface area contributed by atoms with E-state index >= 15 is 0 Å². The molecule has 0 aliphatic carbocycles. The number of amides is 2. The van der Waals surface area contributed by atoms with Crippen LogP contribution in [0.5, 0.6) is 11.5 Å². The van der Waals surface area contributed by atoms with Gasteiger partial charge in [0.05, 0.1) is 15.6 Å². The first kappa shape index (κ1) is 19.7. The average molecular weight is 417 g/mol. The van der Waals surface area contributed by atoms with Gasteiger partial charge >= 0.3 is 0 Å². The van der Waals surface area contributed by atoms with Gasteiger partial charge in [-0.2, -0.15) is 0 Å². The summed E-state index contributed by atoms with van der Waals surface area (Å²) in [5, 5.41) is 26.4. The maximum absolute atomic E-state index is 12.4. The first-order valence-corrected chi connectivity index (χ1v) is 9.63. The summed E-state index contributed by atoms with van der Waals surface area (Å²) in [5.41, 5.74) is 1.49.